The molecule has 0 aliphatic carbocycles. The summed E-state index contributed by atoms with van der Waals surface area (Å²) in [6.45, 7) is 1.94. The number of rotatable bonds is 10. The third kappa shape index (κ3) is 9.03. The van der Waals surface area contributed by atoms with E-state index in [1.165, 1.54) is 23.6 Å². The molecule has 1 atom stereocenters. The average Bonchev–Trinajstić information content (AvgIpc) is 3.16. The number of ether oxygens (including phenoxy) is 1. The molecule has 1 aliphatic rings. The van der Waals surface area contributed by atoms with Crippen LogP contribution in [0.3, 0.4) is 0 Å². The largest absolute Gasteiger partial charge is 0.481 e. The van der Waals surface area contributed by atoms with E-state index in [0.29, 0.717) is 10.0 Å². The molecule has 2 aromatic rings. The van der Waals surface area contributed by atoms with Crippen LogP contribution in [-0.4, -0.2) is 78.6 Å². The summed E-state index contributed by atoms with van der Waals surface area (Å²) in [5.74, 6) is -1.84. The quantitative estimate of drug-likeness (QED) is 0.414. The molecule has 2 heterocycles. The van der Waals surface area contributed by atoms with E-state index in [4.69, 9.17) is 21.4 Å². The average molecular weight is 551 g/mol. The number of carboxylic acids is 1. The first kappa shape index (κ1) is 28.4. The van der Waals surface area contributed by atoms with Crippen LogP contribution in [0, 0.1) is 0 Å². The molecule has 200 valence electrons. The molecule has 0 saturated carbocycles. The van der Waals surface area contributed by atoms with Crippen molar-refractivity contribution in [3.63, 3.8) is 0 Å². The number of hydrogen-bond acceptors (Lipinski definition) is 7. The number of fused-ring (bicyclic) bond motifs is 1. The summed E-state index contributed by atoms with van der Waals surface area (Å²) in [7, 11) is 3.57. The molecule has 37 heavy (non-hydrogen) atoms. The van der Waals surface area contributed by atoms with Crippen LogP contribution in [0.25, 0.3) is 0 Å². The van der Waals surface area contributed by atoms with Crippen LogP contribution in [0.15, 0.2) is 30.3 Å². The number of thiophene rings is 1. The molecule has 3 rings (SSSR count). The standard InChI is InChI=1S/C25H31ClN4O6S/c1-29-12-9-16-3-4-18(15-17(16)10-13-29)27-24(34)19(5-7-21(31)30(2)14-11-22(32)33)28-25(35)36-23-8-6-20(26)37-23/h3-4,6,8,15,19H,5,7,9-14H2,1-2H3,(H,27,34)(H,28,35)(H,32,33)/t19-/m1/s1. The monoisotopic (exact) mass is 550 g/mol. The van der Waals surface area contributed by atoms with Crippen LogP contribution >= 0.6 is 22.9 Å². The Bertz CT molecular complexity index is 1140. The maximum Gasteiger partial charge on any atom is 0.414 e. The van der Waals surface area contributed by atoms with E-state index in [9.17, 15) is 19.2 Å². The predicted octanol–water partition coefficient (Wildman–Crippen LogP) is 3.24. The molecule has 0 spiro atoms. The summed E-state index contributed by atoms with van der Waals surface area (Å²) < 4.78 is 5.67. The minimum atomic E-state index is -1.07. The van der Waals surface area contributed by atoms with Gasteiger partial charge in [0.15, 0.2) is 5.06 Å². The Balaban J connectivity index is 1.67. The first-order valence-corrected chi connectivity index (χ1v) is 13.1. The van der Waals surface area contributed by atoms with Gasteiger partial charge in [-0.3, -0.25) is 14.4 Å². The van der Waals surface area contributed by atoms with E-state index < -0.39 is 24.0 Å². The Morgan fingerprint density at radius 1 is 1.14 bits per heavy atom. The second kappa shape index (κ2) is 13.4. The predicted molar refractivity (Wildman–Crippen MR) is 141 cm³/mol. The Morgan fingerprint density at radius 3 is 2.54 bits per heavy atom. The van der Waals surface area contributed by atoms with Gasteiger partial charge in [0.25, 0.3) is 0 Å². The Labute approximate surface area is 224 Å². The zero-order chi connectivity index (χ0) is 26.9. The van der Waals surface area contributed by atoms with Gasteiger partial charge in [0.05, 0.1) is 10.8 Å². The number of carbonyl (C=O) groups excluding carboxylic acids is 3. The van der Waals surface area contributed by atoms with Crippen LogP contribution in [0.1, 0.15) is 30.4 Å². The van der Waals surface area contributed by atoms with Crippen LogP contribution in [0.4, 0.5) is 10.5 Å². The number of nitrogens with zero attached hydrogens (tertiary/aromatic N) is 2. The summed E-state index contributed by atoms with van der Waals surface area (Å²) in [6, 6.07) is 7.83. The Morgan fingerprint density at radius 2 is 1.86 bits per heavy atom. The lowest BCUT2D eigenvalue weighted by atomic mass is 10.0. The van der Waals surface area contributed by atoms with Gasteiger partial charge in [0, 0.05) is 38.8 Å². The molecule has 0 radical (unpaired) electrons. The first-order chi connectivity index (χ1) is 17.6. The lowest BCUT2D eigenvalue weighted by molar-refractivity contribution is -0.138. The van der Waals surface area contributed by atoms with Crippen molar-refractivity contribution in [1.29, 1.82) is 0 Å². The highest BCUT2D eigenvalue weighted by Gasteiger charge is 2.25. The molecule has 0 unspecified atom stereocenters. The molecule has 1 aromatic heterocycles. The van der Waals surface area contributed by atoms with Gasteiger partial charge in [-0.2, -0.15) is 0 Å². The summed E-state index contributed by atoms with van der Waals surface area (Å²) >= 11 is 6.95. The van der Waals surface area contributed by atoms with Gasteiger partial charge in [-0.05, 0) is 61.7 Å². The zero-order valence-corrected chi connectivity index (χ0v) is 22.4. The number of amides is 3. The maximum absolute atomic E-state index is 13.2. The van der Waals surface area contributed by atoms with Gasteiger partial charge in [-0.15, -0.1) is 0 Å². The third-order valence-electron chi connectivity index (χ3n) is 6.08. The molecule has 12 heteroatoms. The van der Waals surface area contributed by atoms with Crippen molar-refractivity contribution in [2.24, 2.45) is 0 Å². The van der Waals surface area contributed by atoms with Crippen LogP contribution < -0.4 is 15.4 Å². The maximum atomic E-state index is 13.2. The van der Waals surface area contributed by atoms with E-state index in [0.717, 1.165) is 42.8 Å². The van der Waals surface area contributed by atoms with Crippen molar-refractivity contribution in [2.45, 2.75) is 38.1 Å². The van der Waals surface area contributed by atoms with Gasteiger partial charge in [-0.25, -0.2) is 4.79 Å². The van der Waals surface area contributed by atoms with Gasteiger partial charge in [-0.1, -0.05) is 29.0 Å². The smallest absolute Gasteiger partial charge is 0.414 e. The van der Waals surface area contributed by atoms with Gasteiger partial charge in [0.1, 0.15) is 6.04 Å². The van der Waals surface area contributed by atoms with E-state index in [-0.39, 0.29) is 36.8 Å². The minimum absolute atomic E-state index is 0.00187. The Hall–Kier alpha value is -3.15. The number of carboxylic acid groups (broad SMARTS) is 1. The van der Waals surface area contributed by atoms with Crippen molar-refractivity contribution >= 4 is 52.5 Å². The molecule has 0 fully saturated rings. The fourth-order valence-electron chi connectivity index (χ4n) is 3.88. The normalized spacial score (nSPS) is 14.1. The zero-order valence-electron chi connectivity index (χ0n) is 20.8. The van der Waals surface area contributed by atoms with E-state index in [1.54, 1.807) is 6.07 Å². The van der Waals surface area contributed by atoms with Crippen LogP contribution in [0.2, 0.25) is 4.34 Å². The lowest BCUT2D eigenvalue weighted by Crippen LogP contribution is -2.45. The third-order valence-corrected chi connectivity index (χ3v) is 7.19. The topological polar surface area (TPSA) is 128 Å². The van der Waals surface area contributed by atoms with Crippen molar-refractivity contribution < 1.29 is 29.0 Å². The molecule has 1 aromatic carbocycles. The minimum Gasteiger partial charge on any atom is -0.481 e. The number of hydrogen-bond donors (Lipinski definition) is 3. The molecule has 1 aliphatic heterocycles. The van der Waals surface area contributed by atoms with E-state index in [2.05, 4.69) is 22.6 Å². The molecular weight excluding hydrogens is 520 g/mol. The summed E-state index contributed by atoms with van der Waals surface area (Å²) in [5, 5.41) is 14.5. The number of nitrogens with one attached hydrogen (secondary N) is 2. The number of benzene rings is 1. The summed E-state index contributed by atoms with van der Waals surface area (Å²) in [6.07, 6.45) is 0.683. The van der Waals surface area contributed by atoms with Crippen molar-refractivity contribution in [3.8, 4) is 5.06 Å². The first-order valence-electron chi connectivity index (χ1n) is 11.9. The summed E-state index contributed by atoms with van der Waals surface area (Å²) in [4.78, 5) is 52.5. The van der Waals surface area contributed by atoms with Gasteiger partial charge >= 0.3 is 12.1 Å². The number of carbonyl (C=O) groups is 4. The highest BCUT2D eigenvalue weighted by Crippen LogP contribution is 2.28. The van der Waals surface area contributed by atoms with Crippen LogP contribution in [-0.2, 0) is 27.2 Å². The highest BCUT2D eigenvalue weighted by atomic mass is 35.5. The van der Waals surface area contributed by atoms with Gasteiger partial charge in [0.2, 0.25) is 11.8 Å². The fraction of sp³-hybridized carbons (Fsp3) is 0.440. The lowest BCUT2D eigenvalue weighted by Gasteiger charge is -2.20. The van der Waals surface area contributed by atoms with E-state index in [1.807, 2.05) is 18.2 Å². The number of likely N-dealkylation sites (N-methyl/N-ethyl adjacent to an activating group) is 1. The summed E-state index contributed by atoms with van der Waals surface area (Å²) in [5.41, 5.74) is 3.00. The Kier molecular flexibility index (Phi) is 10.3. The second-order valence-corrected chi connectivity index (χ2v) is 10.6. The molecule has 0 bridgehead atoms. The van der Waals surface area contributed by atoms with Crippen molar-refractivity contribution in [2.75, 3.05) is 39.0 Å². The molecule has 10 nitrogen and oxygen atoms in total. The second-order valence-electron chi connectivity index (χ2n) is 8.92. The number of aliphatic carboxylic acids is 1. The van der Waals surface area contributed by atoms with Gasteiger partial charge < -0.3 is 30.3 Å². The highest BCUT2D eigenvalue weighted by molar-refractivity contribution is 7.17. The molecule has 3 N–H and O–H groups in total. The fourth-order valence-corrected chi connectivity index (χ4v) is 4.75. The molecular formula is C25H31ClN4O6S. The van der Waals surface area contributed by atoms with Crippen molar-refractivity contribution in [1.82, 2.24) is 15.1 Å². The SMILES string of the molecule is CN1CCc2ccc(NC(=O)[C@@H](CCC(=O)N(C)CCC(=O)O)NC(=O)Oc3ccc(Cl)s3)cc2CC1. The molecule has 0 saturated heterocycles. The van der Waals surface area contributed by atoms with E-state index >= 15 is 0 Å². The van der Waals surface area contributed by atoms with Crippen LogP contribution in [0.5, 0.6) is 5.06 Å². The number of anilines is 1. The molecule has 3 amide bonds. The van der Waals surface area contributed by atoms with Crippen molar-refractivity contribution in [3.05, 3.63) is 45.8 Å². The number of halogens is 1.